The molecule has 0 aliphatic rings. The zero-order chi connectivity index (χ0) is 13.3. The van der Waals surface area contributed by atoms with Crippen molar-refractivity contribution in [2.45, 2.75) is 26.2 Å². The summed E-state index contributed by atoms with van der Waals surface area (Å²) in [7, 11) is 0. The molecule has 0 spiro atoms. The minimum absolute atomic E-state index is 0.0174. The van der Waals surface area contributed by atoms with Crippen molar-refractivity contribution < 1.29 is 9.90 Å². The second kappa shape index (κ2) is 4.21. The number of nitrogens with zero attached hydrogens (tertiary/aromatic N) is 4. The molecule has 2 aromatic heterocycles. The second-order valence-corrected chi connectivity index (χ2v) is 4.98. The highest BCUT2D eigenvalue weighted by Crippen LogP contribution is 2.25. The van der Waals surface area contributed by atoms with E-state index in [-0.39, 0.29) is 11.1 Å². The first-order valence-electron chi connectivity index (χ1n) is 5.49. The van der Waals surface area contributed by atoms with Crippen LogP contribution in [0.15, 0.2) is 24.8 Å². The summed E-state index contributed by atoms with van der Waals surface area (Å²) in [4.78, 5) is 18.9. The Labute approximate surface area is 104 Å². The zero-order valence-corrected chi connectivity index (χ0v) is 10.5. The molecule has 0 amide bonds. The molecule has 0 bridgehead atoms. The van der Waals surface area contributed by atoms with Crippen molar-refractivity contribution in [2.24, 2.45) is 0 Å². The van der Waals surface area contributed by atoms with Crippen LogP contribution in [-0.2, 0) is 5.41 Å². The first-order valence-corrected chi connectivity index (χ1v) is 5.49. The average Bonchev–Trinajstić information content (AvgIpc) is 2.74. The Hall–Kier alpha value is -2.24. The smallest absolute Gasteiger partial charge is 0.356 e. The predicted octanol–water partition coefficient (Wildman–Crippen LogP) is 1.66. The first-order chi connectivity index (χ1) is 8.39. The Morgan fingerprint density at radius 3 is 2.39 bits per heavy atom. The molecule has 0 radical (unpaired) electrons. The molecule has 0 aliphatic heterocycles. The van der Waals surface area contributed by atoms with Crippen LogP contribution in [0.5, 0.6) is 0 Å². The number of rotatable bonds is 2. The van der Waals surface area contributed by atoms with Gasteiger partial charge in [-0.1, -0.05) is 20.8 Å². The van der Waals surface area contributed by atoms with Crippen molar-refractivity contribution in [2.75, 3.05) is 0 Å². The van der Waals surface area contributed by atoms with Gasteiger partial charge in [0, 0.05) is 5.41 Å². The molecular formula is C12H14N4O2. The molecule has 2 heterocycles. The molecular weight excluding hydrogens is 232 g/mol. The molecule has 0 fully saturated rings. The number of aromatic carboxylic acids is 1. The van der Waals surface area contributed by atoms with E-state index in [9.17, 15) is 4.79 Å². The van der Waals surface area contributed by atoms with E-state index in [1.54, 1.807) is 23.1 Å². The van der Waals surface area contributed by atoms with Gasteiger partial charge in [-0.2, -0.15) is 5.10 Å². The summed E-state index contributed by atoms with van der Waals surface area (Å²) in [5, 5.41) is 13.1. The van der Waals surface area contributed by atoms with Gasteiger partial charge in [0.25, 0.3) is 0 Å². The van der Waals surface area contributed by atoms with Gasteiger partial charge in [-0.25, -0.2) is 19.4 Å². The predicted molar refractivity (Wildman–Crippen MR) is 64.8 cm³/mol. The average molecular weight is 246 g/mol. The molecule has 0 aromatic carbocycles. The van der Waals surface area contributed by atoms with E-state index in [0.717, 1.165) is 5.69 Å². The second-order valence-electron chi connectivity index (χ2n) is 4.98. The Kier molecular flexibility index (Phi) is 2.86. The van der Waals surface area contributed by atoms with Gasteiger partial charge < -0.3 is 5.11 Å². The van der Waals surface area contributed by atoms with Crippen LogP contribution in [0.2, 0.25) is 0 Å². The van der Waals surface area contributed by atoms with E-state index in [4.69, 9.17) is 5.11 Å². The number of aromatic nitrogens is 4. The Bertz CT molecular complexity index is 570. The van der Waals surface area contributed by atoms with Gasteiger partial charge in [0.2, 0.25) is 0 Å². The van der Waals surface area contributed by atoms with Crippen LogP contribution in [0, 0.1) is 0 Å². The fraction of sp³-hybridized carbons (Fsp3) is 0.333. The topological polar surface area (TPSA) is 80.9 Å². The van der Waals surface area contributed by atoms with Gasteiger partial charge in [-0.05, 0) is 6.07 Å². The lowest BCUT2D eigenvalue weighted by atomic mass is 9.92. The maximum absolute atomic E-state index is 11.0. The number of carboxylic acid groups (broad SMARTS) is 1. The third-order valence-corrected chi connectivity index (χ3v) is 2.49. The van der Waals surface area contributed by atoms with Crippen LogP contribution in [-0.4, -0.2) is 30.8 Å². The van der Waals surface area contributed by atoms with Gasteiger partial charge >= 0.3 is 5.97 Å². The fourth-order valence-electron chi connectivity index (χ4n) is 1.62. The van der Waals surface area contributed by atoms with Crippen LogP contribution in [0.25, 0.3) is 5.69 Å². The minimum atomic E-state index is -1.05. The minimum Gasteiger partial charge on any atom is -0.476 e. The summed E-state index contributed by atoms with van der Waals surface area (Å²) >= 11 is 0. The van der Waals surface area contributed by atoms with Gasteiger partial charge in [0.05, 0.1) is 18.1 Å². The SMILES string of the molecule is CC(C)(C)c1cc(C(=O)O)nn1-c1cncnc1. The monoisotopic (exact) mass is 246 g/mol. The number of hydrogen-bond donors (Lipinski definition) is 1. The highest BCUT2D eigenvalue weighted by Gasteiger charge is 2.24. The van der Waals surface area contributed by atoms with Gasteiger partial charge in [0.15, 0.2) is 5.69 Å². The quantitative estimate of drug-likeness (QED) is 0.871. The van der Waals surface area contributed by atoms with Gasteiger partial charge in [-0.3, -0.25) is 0 Å². The molecule has 94 valence electrons. The molecule has 0 unspecified atom stereocenters. The van der Waals surface area contributed by atoms with Crippen molar-refractivity contribution in [1.82, 2.24) is 19.7 Å². The highest BCUT2D eigenvalue weighted by molar-refractivity contribution is 5.85. The van der Waals surface area contributed by atoms with Gasteiger partial charge in [0.1, 0.15) is 12.0 Å². The van der Waals surface area contributed by atoms with E-state index in [1.807, 2.05) is 20.8 Å². The fourth-order valence-corrected chi connectivity index (χ4v) is 1.62. The van der Waals surface area contributed by atoms with E-state index < -0.39 is 5.97 Å². The van der Waals surface area contributed by atoms with E-state index >= 15 is 0 Å². The molecule has 0 aliphatic carbocycles. The van der Waals surface area contributed by atoms with Crippen LogP contribution in [0.4, 0.5) is 0 Å². The Morgan fingerprint density at radius 2 is 1.89 bits per heavy atom. The van der Waals surface area contributed by atoms with Crippen molar-refractivity contribution >= 4 is 5.97 Å². The third kappa shape index (κ3) is 2.22. The normalized spacial score (nSPS) is 11.5. The molecule has 18 heavy (non-hydrogen) atoms. The maximum atomic E-state index is 11.0. The highest BCUT2D eigenvalue weighted by atomic mass is 16.4. The lowest BCUT2D eigenvalue weighted by Crippen LogP contribution is -2.17. The van der Waals surface area contributed by atoms with Crippen molar-refractivity contribution in [3.05, 3.63) is 36.2 Å². The van der Waals surface area contributed by atoms with Crippen LogP contribution in [0.3, 0.4) is 0 Å². The molecule has 0 saturated heterocycles. The van der Waals surface area contributed by atoms with Crippen molar-refractivity contribution in [3.63, 3.8) is 0 Å². The zero-order valence-electron chi connectivity index (χ0n) is 10.5. The number of hydrogen-bond acceptors (Lipinski definition) is 4. The molecule has 2 rings (SSSR count). The van der Waals surface area contributed by atoms with Crippen LogP contribution in [0.1, 0.15) is 37.0 Å². The third-order valence-electron chi connectivity index (χ3n) is 2.49. The van der Waals surface area contributed by atoms with E-state index in [2.05, 4.69) is 15.1 Å². The van der Waals surface area contributed by atoms with Gasteiger partial charge in [-0.15, -0.1) is 0 Å². The molecule has 2 aromatic rings. The molecule has 0 atom stereocenters. The molecule has 1 N–H and O–H groups in total. The molecule has 6 heteroatoms. The summed E-state index contributed by atoms with van der Waals surface area (Å²) in [6, 6.07) is 1.58. The Morgan fingerprint density at radius 1 is 1.28 bits per heavy atom. The number of carboxylic acids is 1. The van der Waals surface area contributed by atoms with Crippen molar-refractivity contribution in [1.29, 1.82) is 0 Å². The molecule has 0 saturated carbocycles. The lowest BCUT2D eigenvalue weighted by molar-refractivity contribution is 0.0690. The van der Waals surface area contributed by atoms with Crippen molar-refractivity contribution in [3.8, 4) is 5.69 Å². The molecule has 6 nitrogen and oxygen atoms in total. The van der Waals surface area contributed by atoms with Crippen LogP contribution < -0.4 is 0 Å². The number of carbonyl (C=O) groups is 1. The summed E-state index contributed by atoms with van der Waals surface area (Å²) < 4.78 is 1.57. The summed E-state index contributed by atoms with van der Waals surface area (Å²) in [6.07, 6.45) is 4.61. The summed E-state index contributed by atoms with van der Waals surface area (Å²) in [5.41, 5.74) is 1.24. The van der Waals surface area contributed by atoms with Crippen LogP contribution >= 0.6 is 0 Å². The van der Waals surface area contributed by atoms with E-state index in [1.165, 1.54) is 6.33 Å². The summed E-state index contributed by atoms with van der Waals surface area (Å²) in [5.74, 6) is -1.05. The summed E-state index contributed by atoms with van der Waals surface area (Å²) in [6.45, 7) is 5.99. The maximum Gasteiger partial charge on any atom is 0.356 e. The standard InChI is InChI=1S/C12H14N4O2/c1-12(2,3)10-4-9(11(17)18)15-16(10)8-5-13-7-14-6-8/h4-7H,1-3H3,(H,17,18). The van der Waals surface area contributed by atoms with E-state index in [0.29, 0.717) is 5.69 Å². The lowest BCUT2D eigenvalue weighted by Gasteiger charge is -2.19. The Balaban J connectivity index is 2.62. The first kappa shape index (κ1) is 12.2. The largest absolute Gasteiger partial charge is 0.476 e.